The van der Waals surface area contributed by atoms with Crippen LogP contribution in [-0.4, -0.2) is 6.54 Å². The highest BCUT2D eigenvalue weighted by Crippen LogP contribution is 2.37. The van der Waals surface area contributed by atoms with E-state index in [-0.39, 0.29) is 0 Å². The van der Waals surface area contributed by atoms with Crippen LogP contribution >= 0.6 is 11.6 Å². The Kier molecular flexibility index (Phi) is 2.83. The van der Waals surface area contributed by atoms with Gasteiger partial charge in [-0.05, 0) is 30.4 Å². The standard InChI is InChI=1S/C12H13ClN2/c1-8-5-9(8)7-15-12-4-2-3-11(13)10(12)6-14/h2-4,8-9,15H,5,7H2,1H3. The van der Waals surface area contributed by atoms with Gasteiger partial charge in [0.05, 0.1) is 16.3 Å². The van der Waals surface area contributed by atoms with Crippen molar-refractivity contribution in [1.82, 2.24) is 0 Å². The molecule has 0 radical (unpaired) electrons. The average molecular weight is 221 g/mol. The average Bonchev–Trinajstić information content (AvgIpc) is 2.92. The van der Waals surface area contributed by atoms with E-state index >= 15 is 0 Å². The minimum absolute atomic E-state index is 0.520. The lowest BCUT2D eigenvalue weighted by molar-refractivity contribution is 0.787. The van der Waals surface area contributed by atoms with Crippen LogP contribution in [0.4, 0.5) is 5.69 Å². The van der Waals surface area contributed by atoms with Gasteiger partial charge in [-0.1, -0.05) is 24.6 Å². The molecule has 0 bridgehead atoms. The molecular weight excluding hydrogens is 208 g/mol. The van der Waals surface area contributed by atoms with E-state index in [1.54, 1.807) is 6.07 Å². The van der Waals surface area contributed by atoms with E-state index in [1.807, 2.05) is 12.1 Å². The first-order valence-electron chi connectivity index (χ1n) is 5.15. The lowest BCUT2D eigenvalue weighted by Gasteiger charge is -2.08. The van der Waals surface area contributed by atoms with Crippen LogP contribution in [0, 0.1) is 23.2 Å². The Morgan fingerprint density at radius 2 is 2.33 bits per heavy atom. The number of hydrogen-bond acceptors (Lipinski definition) is 2. The van der Waals surface area contributed by atoms with Crippen molar-refractivity contribution in [2.24, 2.45) is 11.8 Å². The van der Waals surface area contributed by atoms with Crippen molar-refractivity contribution in [3.8, 4) is 6.07 Å². The van der Waals surface area contributed by atoms with Crippen LogP contribution < -0.4 is 5.32 Å². The van der Waals surface area contributed by atoms with Crippen molar-refractivity contribution in [1.29, 1.82) is 5.26 Å². The van der Waals surface area contributed by atoms with E-state index in [2.05, 4.69) is 18.3 Å². The summed E-state index contributed by atoms with van der Waals surface area (Å²) in [6.07, 6.45) is 1.29. The Hall–Kier alpha value is -1.20. The number of hydrogen-bond donors (Lipinski definition) is 1. The van der Waals surface area contributed by atoms with Gasteiger partial charge in [0, 0.05) is 6.54 Å². The maximum atomic E-state index is 8.96. The van der Waals surface area contributed by atoms with Gasteiger partial charge in [0.1, 0.15) is 6.07 Å². The fourth-order valence-electron chi connectivity index (χ4n) is 1.71. The smallest absolute Gasteiger partial charge is 0.103 e. The summed E-state index contributed by atoms with van der Waals surface area (Å²) < 4.78 is 0. The summed E-state index contributed by atoms with van der Waals surface area (Å²) in [5.41, 5.74) is 1.40. The third-order valence-corrected chi connectivity index (χ3v) is 3.27. The minimum Gasteiger partial charge on any atom is -0.384 e. The summed E-state index contributed by atoms with van der Waals surface area (Å²) in [5.74, 6) is 1.58. The monoisotopic (exact) mass is 220 g/mol. The molecule has 0 amide bonds. The third kappa shape index (κ3) is 2.24. The molecule has 0 aromatic heterocycles. The van der Waals surface area contributed by atoms with Crippen LogP contribution in [0.15, 0.2) is 18.2 Å². The van der Waals surface area contributed by atoms with E-state index in [0.29, 0.717) is 10.6 Å². The largest absolute Gasteiger partial charge is 0.384 e. The van der Waals surface area contributed by atoms with Crippen molar-refractivity contribution in [2.45, 2.75) is 13.3 Å². The molecule has 1 aliphatic rings. The van der Waals surface area contributed by atoms with E-state index < -0.39 is 0 Å². The zero-order valence-electron chi connectivity index (χ0n) is 8.63. The highest BCUT2D eigenvalue weighted by atomic mass is 35.5. The Bertz CT molecular complexity index is 409. The molecule has 1 aliphatic carbocycles. The molecule has 1 saturated carbocycles. The second-order valence-corrected chi connectivity index (χ2v) is 4.54. The fourth-order valence-corrected chi connectivity index (χ4v) is 1.93. The van der Waals surface area contributed by atoms with Crippen molar-refractivity contribution in [3.63, 3.8) is 0 Å². The molecule has 2 atom stereocenters. The highest BCUT2D eigenvalue weighted by molar-refractivity contribution is 6.32. The van der Waals surface area contributed by atoms with Crippen molar-refractivity contribution >= 4 is 17.3 Å². The predicted octanol–water partition coefficient (Wildman–Crippen LogP) is 3.28. The topological polar surface area (TPSA) is 35.8 Å². The zero-order chi connectivity index (χ0) is 10.8. The summed E-state index contributed by atoms with van der Waals surface area (Å²) in [7, 11) is 0. The Morgan fingerprint density at radius 1 is 1.60 bits per heavy atom. The van der Waals surface area contributed by atoms with Gasteiger partial charge in [-0.2, -0.15) is 5.26 Å². The number of nitrogens with zero attached hydrogens (tertiary/aromatic N) is 1. The van der Waals surface area contributed by atoms with Crippen LogP contribution in [0.5, 0.6) is 0 Å². The number of rotatable bonds is 3. The number of nitrogens with one attached hydrogen (secondary N) is 1. The van der Waals surface area contributed by atoms with E-state index in [0.717, 1.165) is 24.1 Å². The third-order valence-electron chi connectivity index (χ3n) is 2.96. The molecule has 1 N–H and O–H groups in total. The van der Waals surface area contributed by atoms with Crippen LogP contribution in [0.25, 0.3) is 0 Å². The van der Waals surface area contributed by atoms with Crippen molar-refractivity contribution in [2.75, 3.05) is 11.9 Å². The summed E-state index contributed by atoms with van der Waals surface area (Å²) in [4.78, 5) is 0. The SMILES string of the molecule is CC1CC1CNc1cccc(Cl)c1C#N. The summed E-state index contributed by atoms with van der Waals surface area (Å²) in [6.45, 7) is 3.19. The fraction of sp³-hybridized carbons (Fsp3) is 0.417. The first kappa shape index (κ1) is 10.3. The molecule has 3 heteroatoms. The van der Waals surface area contributed by atoms with Crippen LogP contribution in [0.3, 0.4) is 0 Å². The zero-order valence-corrected chi connectivity index (χ0v) is 9.38. The van der Waals surface area contributed by atoms with Gasteiger partial charge in [0.2, 0.25) is 0 Å². The molecule has 0 aliphatic heterocycles. The second-order valence-electron chi connectivity index (χ2n) is 4.13. The molecule has 2 rings (SSSR count). The molecule has 15 heavy (non-hydrogen) atoms. The molecule has 2 unspecified atom stereocenters. The number of nitriles is 1. The number of halogens is 1. The quantitative estimate of drug-likeness (QED) is 0.849. The van der Waals surface area contributed by atoms with Crippen molar-refractivity contribution < 1.29 is 0 Å². The van der Waals surface area contributed by atoms with Gasteiger partial charge in [0.15, 0.2) is 0 Å². The second kappa shape index (κ2) is 4.12. The number of anilines is 1. The molecule has 1 fully saturated rings. The predicted molar refractivity (Wildman–Crippen MR) is 61.9 cm³/mol. The maximum absolute atomic E-state index is 8.96. The molecule has 1 aromatic rings. The minimum atomic E-state index is 0.520. The highest BCUT2D eigenvalue weighted by Gasteiger charge is 2.31. The summed E-state index contributed by atoms with van der Waals surface area (Å²) >= 11 is 5.93. The van der Waals surface area contributed by atoms with Gasteiger partial charge in [-0.15, -0.1) is 0 Å². The van der Waals surface area contributed by atoms with Crippen LogP contribution in [0.1, 0.15) is 18.9 Å². The van der Waals surface area contributed by atoms with Crippen LogP contribution in [-0.2, 0) is 0 Å². The molecule has 0 spiro atoms. The molecule has 78 valence electrons. The lowest BCUT2D eigenvalue weighted by Crippen LogP contribution is -2.05. The van der Waals surface area contributed by atoms with Crippen molar-refractivity contribution in [3.05, 3.63) is 28.8 Å². The Morgan fingerprint density at radius 3 is 2.93 bits per heavy atom. The summed E-state index contributed by atoms with van der Waals surface area (Å²) in [6, 6.07) is 7.63. The normalized spacial score (nSPS) is 23.3. The van der Waals surface area contributed by atoms with Gasteiger partial charge >= 0.3 is 0 Å². The van der Waals surface area contributed by atoms with Gasteiger partial charge in [-0.3, -0.25) is 0 Å². The maximum Gasteiger partial charge on any atom is 0.103 e. The molecule has 0 heterocycles. The van der Waals surface area contributed by atoms with Gasteiger partial charge < -0.3 is 5.32 Å². The summed E-state index contributed by atoms with van der Waals surface area (Å²) in [5, 5.41) is 12.8. The van der Waals surface area contributed by atoms with Gasteiger partial charge in [0.25, 0.3) is 0 Å². The van der Waals surface area contributed by atoms with Crippen LogP contribution in [0.2, 0.25) is 5.02 Å². The Labute approximate surface area is 94.9 Å². The molecule has 0 saturated heterocycles. The number of benzene rings is 1. The lowest BCUT2D eigenvalue weighted by atomic mass is 10.2. The first-order valence-corrected chi connectivity index (χ1v) is 5.52. The molecule has 1 aromatic carbocycles. The van der Waals surface area contributed by atoms with E-state index in [9.17, 15) is 0 Å². The van der Waals surface area contributed by atoms with E-state index in [4.69, 9.17) is 16.9 Å². The Balaban J connectivity index is 2.07. The van der Waals surface area contributed by atoms with E-state index in [1.165, 1.54) is 6.42 Å². The first-order chi connectivity index (χ1) is 7.22. The molecular formula is C12H13ClN2. The molecule has 2 nitrogen and oxygen atoms in total. The van der Waals surface area contributed by atoms with Gasteiger partial charge in [-0.25, -0.2) is 0 Å².